The Bertz CT molecular complexity index is 386. The Balaban J connectivity index is 2.34. The van der Waals surface area contributed by atoms with Crippen LogP contribution in [0.5, 0.6) is 0 Å². The summed E-state index contributed by atoms with van der Waals surface area (Å²) >= 11 is 0. The molecule has 0 amide bonds. The van der Waals surface area contributed by atoms with Gasteiger partial charge in [0.1, 0.15) is 6.04 Å². The summed E-state index contributed by atoms with van der Waals surface area (Å²) in [5.41, 5.74) is 7.78. The molecule has 15 heavy (non-hydrogen) atoms. The van der Waals surface area contributed by atoms with Crippen LogP contribution in [0.1, 0.15) is 30.3 Å². The molecule has 0 aliphatic carbocycles. The highest BCUT2D eigenvalue weighted by Crippen LogP contribution is 2.28. The second-order valence-electron chi connectivity index (χ2n) is 4.01. The van der Waals surface area contributed by atoms with Crippen molar-refractivity contribution in [3.8, 4) is 0 Å². The number of carboxylic acids is 1. The summed E-state index contributed by atoms with van der Waals surface area (Å²) in [6, 6.07) is -0.981. The first kappa shape index (κ1) is 10.2. The van der Waals surface area contributed by atoms with Gasteiger partial charge < -0.3 is 15.4 Å². The van der Waals surface area contributed by atoms with Crippen molar-refractivity contribution in [2.45, 2.75) is 38.3 Å². The molecule has 2 atom stereocenters. The minimum atomic E-state index is -0.945. The van der Waals surface area contributed by atoms with Crippen molar-refractivity contribution in [3.05, 3.63) is 17.7 Å². The van der Waals surface area contributed by atoms with Crippen LogP contribution in [0.25, 0.3) is 0 Å². The van der Waals surface area contributed by atoms with Gasteiger partial charge in [-0.05, 0) is 26.2 Å². The number of hydrogen-bond donors (Lipinski definition) is 2. The Hall–Kier alpha value is -1.36. The maximum Gasteiger partial charge on any atom is 0.322 e. The van der Waals surface area contributed by atoms with Gasteiger partial charge in [0.15, 0.2) is 0 Å². The minimum Gasteiger partial charge on any atom is -0.480 e. The summed E-state index contributed by atoms with van der Waals surface area (Å²) in [7, 11) is 0. The van der Waals surface area contributed by atoms with E-state index in [4.69, 9.17) is 10.8 Å². The Morgan fingerprint density at radius 1 is 1.80 bits per heavy atom. The van der Waals surface area contributed by atoms with Gasteiger partial charge in [-0.1, -0.05) is 0 Å². The summed E-state index contributed by atoms with van der Waals surface area (Å²) in [6.45, 7) is 1.94. The predicted octanol–water partition coefficient (Wildman–Crippen LogP) is 0.481. The van der Waals surface area contributed by atoms with E-state index in [1.54, 1.807) is 6.33 Å². The Morgan fingerprint density at radius 3 is 3.20 bits per heavy atom. The second kappa shape index (κ2) is 3.66. The lowest BCUT2D eigenvalue weighted by atomic mass is 9.96. The van der Waals surface area contributed by atoms with E-state index in [2.05, 4.69) is 4.98 Å². The predicted molar refractivity (Wildman–Crippen MR) is 54.6 cm³/mol. The molecule has 2 unspecified atom stereocenters. The van der Waals surface area contributed by atoms with Crippen molar-refractivity contribution in [2.24, 2.45) is 5.73 Å². The molecule has 2 rings (SSSR count). The number of aryl methyl sites for hydroxylation is 1. The third-order valence-corrected chi connectivity index (χ3v) is 3.08. The number of aliphatic carboxylic acids is 1. The Labute approximate surface area is 87.9 Å². The molecule has 0 bridgehead atoms. The number of nitrogens with zero attached hydrogens (tertiary/aromatic N) is 2. The Kier molecular flexibility index (Phi) is 2.48. The Morgan fingerprint density at radius 2 is 2.53 bits per heavy atom. The van der Waals surface area contributed by atoms with Crippen LogP contribution in [0.2, 0.25) is 0 Å². The van der Waals surface area contributed by atoms with E-state index >= 15 is 0 Å². The molecule has 0 saturated heterocycles. The zero-order valence-corrected chi connectivity index (χ0v) is 8.68. The smallest absolute Gasteiger partial charge is 0.322 e. The first-order valence-corrected chi connectivity index (χ1v) is 5.12. The number of carboxylic acid groups (broad SMARTS) is 1. The van der Waals surface area contributed by atoms with E-state index in [0.29, 0.717) is 0 Å². The molecule has 1 aromatic heterocycles. The van der Waals surface area contributed by atoms with E-state index in [1.807, 2.05) is 11.5 Å². The van der Waals surface area contributed by atoms with Gasteiger partial charge >= 0.3 is 5.97 Å². The number of nitrogens with two attached hydrogens (primary N) is 1. The van der Waals surface area contributed by atoms with Gasteiger partial charge in [-0.15, -0.1) is 0 Å². The average Bonchev–Trinajstić information content (AvgIpc) is 2.59. The van der Waals surface area contributed by atoms with E-state index in [1.165, 1.54) is 0 Å². The lowest BCUT2D eigenvalue weighted by Crippen LogP contribution is -2.41. The van der Waals surface area contributed by atoms with E-state index in [9.17, 15) is 4.79 Å². The topological polar surface area (TPSA) is 81.1 Å². The maximum absolute atomic E-state index is 10.9. The molecule has 1 aliphatic heterocycles. The molecule has 1 aromatic rings. The zero-order chi connectivity index (χ0) is 11.0. The fraction of sp³-hybridized carbons (Fsp3) is 0.600. The molecule has 5 nitrogen and oxygen atoms in total. The van der Waals surface area contributed by atoms with Crippen LogP contribution in [-0.4, -0.2) is 26.7 Å². The first-order valence-electron chi connectivity index (χ1n) is 5.12. The van der Waals surface area contributed by atoms with Gasteiger partial charge in [0, 0.05) is 5.69 Å². The molecule has 0 aromatic carbocycles. The van der Waals surface area contributed by atoms with Crippen molar-refractivity contribution in [2.75, 3.05) is 0 Å². The van der Waals surface area contributed by atoms with Crippen LogP contribution in [0.15, 0.2) is 6.33 Å². The third kappa shape index (κ3) is 1.63. The van der Waals surface area contributed by atoms with Crippen LogP contribution < -0.4 is 5.73 Å². The van der Waals surface area contributed by atoms with Gasteiger partial charge in [0.05, 0.1) is 18.1 Å². The molecule has 0 radical (unpaired) electrons. The second-order valence-corrected chi connectivity index (χ2v) is 4.01. The highest BCUT2D eigenvalue weighted by Gasteiger charge is 2.30. The summed E-state index contributed by atoms with van der Waals surface area (Å²) in [6.07, 6.45) is 4.47. The SMILES string of the molecule is Cc1ncn2c1CCCC2C(N)C(=O)O. The largest absolute Gasteiger partial charge is 0.480 e. The van der Waals surface area contributed by atoms with Crippen LogP contribution >= 0.6 is 0 Å². The molecule has 82 valence electrons. The van der Waals surface area contributed by atoms with Crippen LogP contribution in [-0.2, 0) is 11.2 Å². The highest BCUT2D eigenvalue weighted by molar-refractivity contribution is 5.73. The highest BCUT2D eigenvalue weighted by atomic mass is 16.4. The van der Waals surface area contributed by atoms with Gasteiger partial charge in [-0.3, -0.25) is 4.79 Å². The monoisotopic (exact) mass is 209 g/mol. The average molecular weight is 209 g/mol. The number of rotatable bonds is 2. The molecular weight excluding hydrogens is 194 g/mol. The van der Waals surface area contributed by atoms with Gasteiger partial charge in [-0.2, -0.15) is 0 Å². The fourth-order valence-corrected chi connectivity index (χ4v) is 2.21. The molecule has 0 spiro atoms. The molecular formula is C10H15N3O2. The van der Waals surface area contributed by atoms with Crippen molar-refractivity contribution >= 4 is 5.97 Å². The normalized spacial score (nSPS) is 22.1. The third-order valence-electron chi connectivity index (χ3n) is 3.08. The van der Waals surface area contributed by atoms with E-state index in [0.717, 1.165) is 30.7 Å². The van der Waals surface area contributed by atoms with Crippen molar-refractivity contribution in [1.82, 2.24) is 9.55 Å². The van der Waals surface area contributed by atoms with Crippen molar-refractivity contribution in [3.63, 3.8) is 0 Å². The van der Waals surface area contributed by atoms with E-state index < -0.39 is 12.0 Å². The van der Waals surface area contributed by atoms with Gasteiger partial charge in [0.2, 0.25) is 0 Å². The molecule has 3 N–H and O–H groups in total. The van der Waals surface area contributed by atoms with Crippen LogP contribution in [0.4, 0.5) is 0 Å². The first-order chi connectivity index (χ1) is 7.11. The number of hydrogen-bond acceptors (Lipinski definition) is 3. The van der Waals surface area contributed by atoms with Crippen molar-refractivity contribution in [1.29, 1.82) is 0 Å². The molecule has 0 fully saturated rings. The quantitative estimate of drug-likeness (QED) is 0.742. The summed E-state index contributed by atoms with van der Waals surface area (Å²) < 4.78 is 1.93. The molecule has 1 aliphatic rings. The number of carbonyl (C=O) groups is 1. The number of aromatic nitrogens is 2. The van der Waals surface area contributed by atoms with E-state index in [-0.39, 0.29) is 6.04 Å². The molecule has 0 saturated carbocycles. The summed E-state index contributed by atoms with van der Waals surface area (Å²) in [4.78, 5) is 15.1. The standard InChI is InChI=1S/C10H15N3O2/c1-6-7-3-2-4-8(9(11)10(14)15)13(7)5-12-6/h5,8-9H,2-4,11H2,1H3,(H,14,15). The van der Waals surface area contributed by atoms with Crippen molar-refractivity contribution < 1.29 is 9.90 Å². The van der Waals surface area contributed by atoms with Gasteiger partial charge in [0.25, 0.3) is 0 Å². The lowest BCUT2D eigenvalue weighted by molar-refractivity contribution is -0.139. The number of imidazole rings is 1. The summed E-state index contributed by atoms with van der Waals surface area (Å²) in [5, 5.41) is 8.91. The lowest BCUT2D eigenvalue weighted by Gasteiger charge is -2.28. The zero-order valence-electron chi connectivity index (χ0n) is 8.68. The number of fused-ring (bicyclic) bond motifs is 1. The molecule has 5 heteroatoms. The molecule has 2 heterocycles. The van der Waals surface area contributed by atoms with Crippen LogP contribution in [0, 0.1) is 6.92 Å². The fourth-order valence-electron chi connectivity index (χ4n) is 2.21. The maximum atomic E-state index is 10.9. The summed E-state index contributed by atoms with van der Waals surface area (Å²) in [5.74, 6) is -0.945. The van der Waals surface area contributed by atoms with Gasteiger partial charge in [-0.25, -0.2) is 4.98 Å². The minimum absolute atomic E-state index is 0.146. The van der Waals surface area contributed by atoms with Crippen LogP contribution in [0.3, 0.4) is 0 Å².